The number of aldehydes is 1. The molecule has 0 amide bonds. The van der Waals surface area contributed by atoms with Gasteiger partial charge in [-0.25, -0.2) is 4.98 Å². The monoisotopic (exact) mass is 419 g/mol. The normalized spacial score (nSPS) is 17.8. The first-order valence-corrected chi connectivity index (χ1v) is 11.4. The topological polar surface area (TPSA) is 63.1 Å². The Morgan fingerprint density at radius 1 is 1.17 bits per heavy atom. The number of imidazole rings is 1. The third kappa shape index (κ3) is 4.00. The maximum absolute atomic E-state index is 11.3. The zero-order valence-electron chi connectivity index (χ0n) is 16.8. The molecule has 0 spiro atoms. The molecule has 3 aromatic rings. The summed E-state index contributed by atoms with van der Waals surface area (Å²) in [5, 5.41) is 3.27. The van der Waals surface area contributed by atoms with Crippen molar-refractivity contribution in [1.82, 2.24) is 24.8 Å². The molecule has 1 fully saturated rings. The van der Waals surface area contributed by atoms with Crippen LogP contribution in [0, 0.1) is 0 Å². The number of fused-ring (bicyclic) bond motifs is 1. The van der Waals surface area contributed by atoms with Gasteiger partial charge in [0.05, 0.1) is 30.0 Å². The van der Waals surface area contributed by atoms with Crippen molar-refractivity contribution in [3.63, 3.8) is 0 Å². The van der Waals surface area contributed by atoms with Gasteiger partial charge in [-0.2, -0.15) is 0 Å². The summed E-state index contributed by atoms with van der Waals surface area (Å²) in [7, 11) is 0. The van der Waals surface area contributed by atoms with Crippen LogP contribution in [-0.4, -0.2) is 44.7 Å². The first-order chi connectivity index (χ1) is 14.8. The highest BCUT2D eigenvalue weighted by Gasteiger charge is 2.23. The minimum absolute atomic E-state index is 0.544. The van der Waals surface area contributed by atoms with Crippen LogP contribution in [0.3, 0.4) is 0 Å². The molecule has 0 radical (unpaired) electrons. The lowest BCUT2D eigenvalue weighted by Gasteiger charge is -2.31. The summed E-state index contributed by atoms with van der Waals surface area (Å²) < 4.78 is 2.28. The first-order valence-electron chi connectivity index (χ1n) is 10.4. The molecule has 0 aliphatic carbocycles. The highest BCUT2D eigenvalue weighted by molar-refractivity contribution is 8.03. The van der Waals surface area contributed by atoms with Crippen LogP contribution in [0.5, 0.6) is 0 Å². The Morgan fingerprint density at radius 3 is 2.80 bits per heavy atom. The number of rotatable bonds is 6. The lowest BCUT2D eigenvalue weighted by Crippen LogP contribution is -2.33. The molecule has 2 aromatic heterocycles. The molecule has 154 valence electrons. The summed E-state index contributed by atoms with van der Waals surface area (Å²) >= 11 is 1.82. The molecule has 1 N–H and O–H groups in total. The van der Waals surface area contributed by atoms with E-state index in [1.165, 1.54) is 10.6 Å². The van der Waals surface area contributed by atoms with Crippen LogP contribution in [0.4, 0.5) is 0 Å². The van der Waals surface area contributed by atoms with Gasteiger partial charge < -0.3 is 9.88 Å². The fraction of sp³-hybridized carbons (Fsp3) is 0.348. The van der Waals surface area contributed by atoms with E-state index >= 15 is 0 Å². The minimum Gasteiger partial charge on any atom is -0.381 e. The fourth-order valence-corrected chi connectivity index (χ4v) is 5.08. The summed E-state index contributed by atoms with van der Waals surface area (Å²) in [5.74, 6) is 2.53. The number of thioether (sulfide) groups is 1. The second-order valence-electron chi connectivity index (χ2n) is 7.89. The maximum Gasteiger partial charge on any atom is 0.150 e. The molecule has 2 aliphatic heterocycles. The number of hydrogen-bond donors (Lipinski definition) is 1. The predicted molar refractivity (Wildman–Crippen MR) is 120 cm³/mol. The third-order valence-corrected chi connectivity index (χ3v) is 6.89. The molecule has 1 aromatic carbocycles. The molecule has 30 heavy (non-hydrogen) atoms. The predicted octanol–water partition coefficient (Wildman–Crippen LogP) is 3.76. The molecular formula is C23H25N5OS. The van der Waals surface area contributed by atoms with Gasteiger partial charge in [0.2, 0.25) is 0 Å². The highest BCUT2D eigenvalue weighted by Crippen LogP contribution is 2.29. The largest absolute Gasteiger partial charge is 0.381 e. The third-order valence-electron chi connectivity index (χ3n) is 5.96. The maximum atomic E-state index is 11.3. The van der Waals surface area contributed by atoms with Gasteiger partial charge in [0.25, 0.3) is 0 Å². The van der Waals surface area contributed by atoms with Gasteiger partial charge in [-0.1, -0.05) is 6.07 Å². The lowest BCUT2D eigenvalue weighted by atomic mass is 9.93. The molecule has 0 bridgehead atoms. The van der Waals surface area contributed by atoms with Crippen molar-refractivity contribution in [2.75, 3.05) is 19.0 Å². The summed E-state index contributed by atoms with van der Waals surface area (Å²) in [4.78, 5) is 24.6. The van der Waals surface area contributed by atoms with E-state index in [-0.39, 0.29) is 0 Å². The number of likely N-dealkylation sites (tertiary alicyclic amines) is 1. The van der Waals surface area contributed by atoms with Gasteiger partial charge in [-0.15, -0.1) is 11.8 Å². The van der Waals surface area contributed by atoms with E-state index in [9.17, 15) is 4.79 Å². The van der Waals surface area contributed by atoms with Gasteiger partial charge in [0.15, 0.2) is 0 Å². The Kier molecular flexibility index (Phi) is 5.55. The Labute approximate surface area is 180 Å². The van der Waals surface area contributed by atoms with Crippen LogP contribution >= 0.6 is 11.8 Å². The van der Waals surface area contributed by atoms with Crippen LogP contribution in [0.25, 0.3) is 11.0 Å². The number of carbonyl (C=O) groups is 1. The average Bonchev–Trinajstić information content (AvgIpc) is 3.43. The minimum atomic E-state index is 0.544. The lowest BCUT2D eigenvalue weighted by molar-refractivity contribution is 0.112. The van der Waals surface area contributed by atoms with Crippen LogP contribution in [0.2, 0.25) is 0 Å². The number of nitrogens with one attached hydrogen (secondary N) is 1. The Hall–Kier alpha value is -2.64. The Morgan fingerprint density at radius 2 is 2.07 bits per heavy atom. The Bertz CT molecular complexity index is 1070. The molecule has 4 heterocycles. The van der Waals surface area contributed by atoms with Crippen LogP contribution in [0.15, 0.2) is 53.7 Å². The molecule has 0 saturated carbocycles. The smallest absolute Gasteiger partial charge is 0.150 e. The van der Waals surface area contributed by atoms with Crippen LogP contribution < -0.4 is 5.32 Å². The molecule has 6 nitrogen and oxygen atoms in total. The van der Waals surface area contributed by atoms with Crippen molar-refractivity contribution in [2.45, 2.75) is 31.8 Å². The number of benzene rings is 1. The van der Waals surface area contributed by atoms with Crippen molar-refractivity contribution in [3.8, 4) is 0 Å². The molecule has 0 atom stereocenters. The van der Waals surface area contributed by atoms with Crippen molar-refractivity contribution < 1.29 is 4.79 Å². The summed E-state index contributed by atoms with van der Waals surface area (Å²) in [6.07, 6.45) is 7.13. The highest BCUT2D eigenvalue weighted by atomic mass is 32.2. The SMILES string of the molecule is O=Cc1ccc2nc(CN3CCC(c4ccccn4)CC3)n(CC3=CNCS3)c2c1. The molecule has 5 rings (SSSR count). The number of nitrogens with zero attached hydrogens (tertiary/aromatic N) is 4. The number of allylic oxidation sites excluding steroid dienone is 1. The number of piperidine rings is 1. The summed E-state index contributed by atoms with van der Waals surface area (Å²) in [6.45, 7) is 3.70. The molecule has 1 saturated heterocycles. The zero-order chi connectivity index (χ0) is 20.3. The van der Waals surface area contributed by atoms with E-state index in [0.29, 0.717) is 11.5 Å². The molecular weight excluding hydrogens is 394 g/mol. The average molecular weight is 420 g/mol. The van der Waals surface area contributed by atoms with Crippen molar-refractivity contribution in [1.29, 1.82) is 0 Å². The van der Waals surface area contributed by atoms with Gasteiger partial charge >= 0.3 is 0 Å². The van der Waals surface area contributed by atoms with E-state index in [1.54, 1.807) is 0 Å². The Balaban J connectivity index is 1.36. The van der Waals surface area contributed by atoms with E-state index in [4.69, 9.17) is 4.98 Å². The second-order valence-corrected chi connectivity index (χ2v) is 8.99. The standard InChI is InChI=1S/C23H25N5OS/c29-15-17-4-5-21-22(11-17)28(13-19-12-24-16-30-19)23(26-21)14-27-9-6-18(7-10-27)20-3-1-2-8-25-20/h1-5,8,11-12,15,18,24H,6-7,9-10,13-14,16H2. The van der Waals surface area contributed by atoms with Crippen molar-refractivity contribution >= 4 is 29.1 Å². The van der Waals surface area contributed by atoms with Crippen LogP contribution in [0.1, 0.15) is 40.6 Å². The van der Waals surface area contributed by atoms with Gasteiger partial charge in [-0.05, 0) is 56.3 Å². The van der Waals surface area contributed by atoms with E-state index < -0.39 is 0 Å². The molecule has 7 heteroatoms. The van der Waals surface area contributed by atoms with Gasteiger partial charge in [0.1, 0.15) is 12.1 Å². The summed E-state index contributed by atoms with van der Waals surface area (Å²) in [5.41, 5.74) is 3.89. The van der Waals surface area contributed by atoms with Gasteiger partial charge in [-0.3, -0.25) is 14.7 Å². The first kappa shape index (κ1) is 19.3. The van der Waals surface area contributed by atoms with Gasteiger partial charge in [0, 0.05) is 34.5 Å². The van der Waals surface area contributed by atoms with E-state index in [0.717, 1.165) is 68.0 Å². The second kappa shape index (κ2) is 8.62. The number of carbonyl (C=O) groups excluding carboxylic acids is 1. The van der Waals surface area contributed by atoms with Crippen LogP contribution in [-0.2, 0) is 13.1 Å². The van der Waals surface area contributed by atoms with E-state index in [2.05, 4.69) is 38.1 Å². The summed E-state index contributed by atoms with van der Waals surface area (Å²) in [6, 6.07) is 12.0. The fourth-order valence-electron chi connectivity index (χ4n) is 4.34. The van der Waals surface area contributed by atoms with Crippen molar-refractivity contribution in [3.05, 3.63) is 70.8 Å². The number of pyridine rings is 1. The number of aromatic nitrogens is 3. The van der Waals surface area contributed by atoms with E-state index in [1.807, 2.05) is 42.2 Å². The quantitative estimate of drug-likeness (QED) is 0.614. The zero-order valence-corrected chi connectivity index (χ0v) is 17.6. The van der Waals surface area contributed by atoms with Crippen molar-refractivity contribution in [2.24, 2.45) is 0 Å². The molecule has 2 aliphatic rings. The molecule has 0 unspecified atom stereocenters. The number of hydrogen-bond acceptors (Lipinski definition) is 6.